The number of carbonyl (C=O) groups excluding carboxylic acids is 1. The minimum absolute atomic E-state index is 0.216. The molecule has 0 saturated carbocycles. The zero-order chi connectivity index (χ0) is 15.6. The predicted molar refractivity (Wildman–Crippen MR) is 72.9 cm³/mol. The maximum Gasteiger partial charge on any atom is 0.406 e. The molecule has 0 unspecified atom stereocenters. The molecule has 0 atom stereocenters. The molecule has 4 nitrogen and oxygen atoms in total. The van der Waals surface area contributed by atoms with Crippen LogP contribution in [0.25, 0.3) is 11.0 Å². The first-order chi connectivity index (χ1) is 9.78. The zero-order valence-corrected chi connectivity index (χ0v) is 11.6. The van der Waals surface area contributed by atoms with E-state index in [1.165, 1.54) is 18.3 Å². The highest BCUT2D eigenvalue weighted by Crippen LogP contribution is 2.23. The summed E-state index contributed by atoms with van der Waals surface area (Å²) in [5, 5.41) is 0. The molecule has 1 aromatic heterocycles. The van der Waals surface area contributed by atoms with Crippen LogP contribution >= 0.6 is 0 Å². The SMILES string of the molecule is CN(C)/C=C/C(=O)c1nc2ccccc2n1CC(F)(F)F. The number of fused-ring (bicyclic) bond motifs is 1. The summed E-state index contributed by atoms with van der Waals surface area (Å²) >= 11 is 0. The number of halogens is 3. The second-order valence-corrected chi connectivity index (χ2v) is 4.77. The number of carbonyl (C=O) groups is 1. The fourth-order valence-electron chi connectivity index (χ4n) is 1.89. The number of alkyl halides is 3. The van der Waals surface area contributed by atoms with E-state index in [0.717, 1.165) is 4.57 Å². The van der Waals surface area contributed by atoms with Gasteiger partial charge in [-0.2, -0.15) is 13.2 Å². The Labute approximate surface area is 119 Å². The summed E-state index contributed by atoms with van der Waals surface area (Å²) in [6.07, 6.45) is -1.75. The van der Waals surface area contributed by atoms with Crippen molar-refractivity contribution in [2.24, 2.45) is 0 Å². The van der Waals surface area contributed by atoms with Crippen LogP contribution in [-0.4, -0.2) is 40.5 Å². The number of ketones is 1. The molecular formula is C14H14F3N3O. The third-order valence-corrected chi connectivity index (χ3v) is 2.74. The maximum absolute atomic E-state index is 12.7. The first-order valence-electron chi connectivity index (χ1n) is 6.19. The number of hydrogen-bond donors (Lipinski definition) is 0. The van der Waals surface area contributed by atoms with Crippen molar-refractivity contribution in [2.75, 3.05) is 14.1 Å². The molecule has 0 aliphatic heterocycles. The third kappa shape index (κ3) is 3.62. The lowest BCUT2D eigenvalue weighted by Crippen LogP contribution is -2.21. The molecule has 0 radical (unpaired) electrons. The van der Waals surface area contributed by atoms with Gasteiger partial charge in [-0.25, -0.2) is 4.98 Å². The molecule has 0 amide bonds. The summed E-state index contributed by atoms with van der Waals surface area (Å²) in [5.74, 6) is -0.782. The van der Waals surface area contributed by atoms with Crippen LogP contribution < -0.4 is 0 Å². The highest BCUT2D eigenvalue weighted by molar-refractivity contribution is 6.03. The molecule has 2 aromatic rings. The summed E-state index contributed by atoms with van der Waals surface area (Å²) in [6.45, 7) is -1.25. The Morgan fingerprint density at radius 1 is 1.33 bits per heavy atom. The topological polar surface area (TPSA) is 38.1 Å². The molecule has 21 heavy (non-hydrogen) atoms. The predicted octanol–water partition coefficient (Wildman–Crippen LogP) is 2.86. The highest BCUT2D eigenvalue weighted by atomic mass is 19.4. The first-order valence-corrected chi connectivity index (χ1v) is 6.19. The normalized spacial score (nSPS) is 12.2. The van der Waals surface area contributed by atoms with Crippen molar-refractivity contribution in [3.63, 3.8) is 0 Å². The van der Waals surface area contributed by atoms with E-state index in [9.17, 15) is 18.0 Å². The molecule has 0 saturated heterocycles. The third-order valence-electron chi connectivity index (χ3n) is 2.74. The van der Waals surface area contributed by atoms with Gasteiger partial charge >= 0.3 is 6.18 Å². The van der Waals surface area contributed by atoms with Gasteiger partial charge in [0.2, 0.25) is 5.78 Å². The van der Waals surface area contributed by atoms with Gasteiger partial charge in [-0.1, -0.05) is 12.1 Å². The number of rotatable bonds is 4. The molecular weight excluding hydrogens is 283 g/mol. The molecule has 0 bridgehead atoms. The molecule has 1 aromatic carbocycles. The second-order valence-electron chi connectivity index (χ2n) is 4.77. The molecule has 0 N–H and O–H groups in total. The number of hydrogen-bond acceptors (Lipinski definition) is 3. The van der Waals surface area contributed by atoms with Gasteiger partial charge < -0.3 is 9.47 Å². The number of aromatic nitrogens is 2. The largest absolute Gasteiger partial charge is 0.406 e. The summed E-state index contributed by atoms with van der Waals surface area (Å²) < 4.78 is 39.1. The van der Waals surface area contributed by atoms with E-state index < -0.39 is 18.5 Å². The zero-order valence-electron chi connectivity index (χ0n) is 11.6. The lowest BCUT2D eigenvalue weighted by Gasteiger charge is -2.10. The number of para-hydroxylation sites is 2. The lowest BCUT2D eigenvalue weighted by molar-refractivity contribution is -0.140. The first kappa shape index (κ1) is 15.1. The van der Waals surface area contributed by atoms with Crippen LogP contribution in [-0.2, 0) is 6.54 Å². The van der Waals surface area contributed by atoms with Crippen molar-refractivity contribution in [1.82, 2.24) is 14.5 Å². The second kappa shape index (κ2) is 5.59. The van der Waals surface area contributed by atoms with E-state index in [-0.39, 0.29) is 11.3 Å². The Balaban J connectivity index is 2.51. The highest BCUT2D eigenvalue weighted by Gasteiger charge is 2.31. The minimum Gasteiger partial charge on any atom is -0.383 e. The average Bonchev–Trinajstić information content (AvgIpc) is 2.73. The van der Waals surface area contributed by atoms with Gasteiger partial charge in [0.15, 0.2) is 5.82 Å². The fourth-order valence-corrected chi connectivity index (χ4v) is 1.89. The smallest absolute Gasteiger partial charge is 0.383 e. The van der Waals surface area contributed by atoms with Gasteiger partial charge in [0.05, 0.1) is 11.0 Å². The maximum atomic E-state index is 12.7. The Morgan fingerprint density at radius 3 is 2.62 bits per heavy atom. The van der Waals surface area contributed by atoms with Crippen molar-refractivity contribution < 1.29 is 18.0 Å². The van der Waals surface area contributed by atoms with Crippen LogP contribution in [0, 0.1) is 0 Å². The van der Waals surface area contributed by atoms with Crippen molar-refractivity contribution in [1.29, 1.82) is 0 Å². The number of imidazole rings is 1. The molecule has 0 spiro atoms. The van der Waals surface area contributed by atoms with E-state index in [0.29, 0.717) is 5.52 Å². The monoisotopic (exact) mass is 297 g/mol. The number of allylic oxidation sites excluding steroid dienone is 1. The Morgan fingerprint density at radius 2 is 2.00 bits per heavy atom. The minimum atomic E-state index is -4.43. The van der Waals surface area contributed by atoms with E-state index in [4.69, 9.17) is 0 Å². The van der Waals surface area contributed by atoms with Crippen molar-refractivity contribution in [2.45, 2.75) is 12.7 Å². The van der Waals surface area contributed by atoms with Crippen LogP contribution in [0.15, 0.2) is 36.5 Å². The van der Waals surface area contributed by atoms with E-state index >= 15 is 0 Å². The summed E-state index contributed by atoms with van der Waals surface area (Å²) in [7, 11) is 3.42. The summed E-state index contributed by atoms with van der Waals surface area (Å²) in [4.78, 5) is 17.7. The van der Waals surface area contributed by atoms with Crippen LogP contribution in [0.5, 0.6) is 0 Å². The lowest BCUT2D eigenvalue weighted by atomic mass is 10.3. The molecule has 7 heteroatoms. The summed E-state index contributed by atoms with van der Waals surface area (Å²) in [5.41, 5.74) is 0.653. The van der Waals surface area contributed by atoms with Gasteiger partial charge in [0.25, 0.3) is 0 Å². The van der Waals surface area contributed by atoms with Crippen LogP contribution in [0.1, 0.15) is 10.6 Å². The van der Waals surface area contributed by atoms with Crippen LogP contribution in [0.3, 0.4) is 0 Å². The van der Waals surface area contributed by atoms with Gasteiger partial charge in [0, 0.05) is 26.4 Å². The molecule has 2 rings (SSSR count). The van der Waals surface area contributed by atoms with Gasteiger partial charge in [-0.15, -0.1) is 0 Å². The van der Waals surface area contributed by atoms with Crippen molar-refractivity contribution in [3.8, 4) is 0 Å². The van der Waals surface area contributed by atoms with E-state index in [1.54, 1.807) is 37.2 Å². The standard InChI is InChI=1S/C14H14F3N3O/c1-19(2)8-7-12(21)13-18-10-5-3-4-6-11(10)20(13)9-14(15,16)17/h3-8H,9H2,1-2H3/b8-7+. The molecule has 0 aliphatic rings. The van der Waals surface area contributed by atoms with Gasteiger partial charge in [0.1, 0.15) is 6.54 Å². The Bertz CT molecular complexity index is 686. The number of benzene rings is 1. The van der Waals surface area contributed by atoms with Gasteiger partial charge in [-0.05, 0) is 12.1 Å². The van der Waals surface area contributed by atoms with Gasteiger partial charge in [-0.3, -0.25) is 4.79 Å². The quantitative estimate of drug-likeness (QED) is 0.643. The number of nitrogens with zero attached hydrogens (tertiary/aromatic N) is 3. The van der Waals surface area contributed by atoms with Crippen LogP contribution in [0.2, 0.25) is 0 Å². The fraction of sp³-hybridized carbons (Fsp3) is 0.286. The molecule has 112 valence electrons. The Kier molecular flexibility index (Phi) is 4.02. The molecule has 0 aliphatic carbocycles. The Hall–Kier alpha value is -2.31. The molecule has 0 fully saturated rings. The van der Waals surface area contributed by atoms with Crippen molar-refractivity contribution in [3.05, 3.63) is 42.4 Å². The van der Waals surface area contributed by atoms with E-state index in [1.807, 2.05) is 0 Å². The average molecular weight is 297 g/mol. The van der Waals surface area contributed by atoms with Crippen LogP contribution in [0.4, 0.5) is 13.2 Å². The van der Waals surface area contributed by atoms with E-state index in [2.05, 4.69) is 4.98 Å². The summed E-state index contributed by atoms with van der Waals surface area (Å²) in [6, 6.07) is 6.37. The van der Waals surface area contributed by atoms with Crippen molar-refractivity contribution >= 4 is 16.8 Å². The molecule has 1 heterocycles.